The van der Waals surface area contributed by atoms with Gasteiger partial charge < -0.3 is 4.74 Å². The van der Waals surface area contributed by atoms with E-state index < -0.39 is 0 Å². The minimum atomic E-state index is -0.336. The highest BCUT2D eigenvalue weighted by molar-refractivity contribution is 5.98. The van der Waals surface area contributed by atoms with Crippen LogP contribution in [0.1, 0.15) is 41.8 Å². The smallest absolute Gasteiger partial charge is 0.310 e. The van der Waals surface area contributed by atoms with Crippen molar-refractivity contribution in [2.45, 2.75) is 26.7 Å². The van der Waals surface area contributed by atoms with Crippen molar-refractivity contribution in [2.24, 2.45) is 0 Å². The van der Waals surface area contributed by atoms with Crippen LogP contribution < -0.4 is 0 Å². The number of hydrogen-bond acceptors (Lipinski definition) is 4. The summed E-state index contributed by atoms with van der Waals surface area (Å²) in [5.74, 6) is -0.436. The highest BCUT2D eigenvalue weighted by Crippen LogP contribution is 2.14. The van der Waals surface area contributed by atoms with Crippen LogP contribution in [0.3, 0.4) is 0 Å². The molecule has 0 saturated heterocycles. The van der Waals surface area contributed by atoms with E-state index in [9.17, 15) is 9.59 Å². The zero-order valence-corrected chi connectivity index (χ0v) is 10.5. The van der Waals surface area contributed by atoms with Gasteiger partial charge in [-0.3, -0.25) is 9.59 Å². The van der Waals surface area contributed by atoms with E-state index in [4.69, 9.17) is 10.00 Å². The van der Waals surface area contributed by atoms with E-state index in [-0.39, 0.29) is 18.2 Å². The summed E-state index contributed by atoms with van der Waals surface area (Å²) < 4.78 is 4.84. The van der Waals surface area contributed by atoms with Gasteiger partial charge in [0, 0.05) is 12.0 Å². The van der Waals surface area contributed by atoms with Crippen LogP contribution in [0.15, 0.2) is 18.2 Å². The van der Waals surface area contributed by atoms with E-state index >= 15 is 0 Å². The molecule has 0 aliphatic carbocycles. The average molecular weight is 245 g/mol. The minimum Gasteiger partial charge on any atom is -0.466 e. The molecule has 4 nitrogen and oxygen atoms in total. The molecular weight excluding hydrogens is 230 g/mol. The summed E-state index contributed by atoms with van der Waals surface area (Å²) in [7, 11) is 0. The maximum absolute atomic E-state index is 11.7. The fraction of sp³-hybridized carbons (Fsp3) is 0.357. The van der Waals surface area contributed by atoms with E-state index in [1.165, 1.54) is 0 Å². The molecule has 18 heavy (non-hydrogen) atoms. The van der Waals surface area contributed by atoms with Crippen molar-refractivity contribution in [3.05, 3.63) is 34.9 Å². The number of carbonyl (C=O) groups excluding carboxylic acids is 2. The molecule has 94 valence electrons. The molecule has 0 saturated carbocycles. The lowest BCUT2D eigenvalue weighted by atomic mass is 9.98. The van der Waals surface area contributed by atoms with Gasteiger partial charge in [0.1, 0.15) is 0 Å². The van der Waals surface area contributed by atoms with Crippen LogP contribution in [-0.4, -0.2) is 18.4 Å². The first kappa shape index (κ1) is 13.9. The topological polar surface area (TPSA) is 67.2 Å². The summed E-state index contributed by atoms with van der Waals surface area (Å²) >= 11 is 0. The van der Waals surface area contributed by atoms with Gasteiger partial charge in [-0.15, -0.1) is 0 Å². The van der Waals surface area contributed by atoms with E-state index in [1.807, 2.05) is 6.07 Å². The molecular formula is C14H15NO3. The molecule has 1 rings (SSSR count). The monoisotopic (exact) mass is 245 g/mol. The molecule has 0 amide bonds. The van der Waals surface area contributed by atoms with Crippen LogP contribution in [0.25, 0.3) is 0 Å². The van der Waals surface area contributed by atoms with Crippen molar-refractivity contribution in [1.29, 1.82) is 5.26 Å². The Hall–Kier alpha value is -2.15. The molecule has 0 aromatic heterocycles. The summed E-state index contributed by atoms with van der Waals surface area (Å²) in [6.07, 6.45) is 0.446. The number of benzene rings is 1. The quantitative estimate of drug-likeness (QED) is 0.589. The third kappa shape index (κ3) is 3.42. The van der Waals surface area contributed by atoms with Gasteiger partial charge >= 0.3 is 5.97 Å². The Balaban J connectivity index is 3.00. The Morgan fingerprint density at radius 3 is 2.61 bits per heavy atom. The number of carbonyl (C=O) groups is 2. The third-order valence-electron chi connectivity index (χ3n) is 2.48. The summed E-state index contributed by atoms with van der Waals surface area (Å²) in [5.41, 5.74) is 1.40. The molecule has 0 unspecified atom stereocenters. The second-order valence-electron chi connectivity index (χ2n) is 3.75. The summed E-state index contributed by atoms with van der Waals surface area (Å²) in [4.78, 5) is 23.0. The number of Topliss-reactive ketones (excluding diaryl/α,β-unsaturated/α-hetero) is 1. The molecule has 0 atom stereocenters. The van der Waals surface area contributed by atoms with E-state index in [1.54, 1.807) is 32.0 Å². The van der Waals surface area contributed by atoms with Crippen molar-refractivity contribution in [3.8, 4) is 6.07 Å². The summed E-state index contributed by atoms with van der Waals surface area (Å²) in [5, 5.41) is 8.93. The van der Waals surface area contributed by atoms with Crippen LogP contribution in [0.4, 0.5) is 0 Å². The molecule has 0 heterocycles. The molecule has 0 bridgehead atoms. The second-order valence-corrected chi connectivity index (χ2v) is 3.75. The van der Waals surface area contributed by atoms with Gasteiger partial charge in [-0.1, -0.05) is 13.0 Å². The van der Waals surface area contributed by atoms with Gasteiger partial charge in [0.05, 0.1) is 24.7 Å². The zero-order valence-electron chi connectivity index (χ0n) is 10.5. The van der Waals surface area contributed by atoms with Crippen molar-refractivity contribution < 1.29 is 14.3 Å². The van der Waals surface area contributed by atoms with Crippen LogP contribution in [-0.2, 0) is 16.0 Å². The fourth-order valence-corrected chi connectivity index (χ4v) is 1.60. The minimum absolute atomic E-state index is 0.0998. The number of ether oxygens (including phenoxy) is 1. The number of hydrogen-bond donors (Lipinski definition) is 0. The number of nitrogens with zero attached hydrogens (tertiary/aromatic N) is 1. The maximum atomic E-state index is 11.7. The Kier molecular flexibility index (Phi) is 5.06. The number of nitriles is 1. The standard InChI is InChI=1S/C14H15NO3/c1-3-13(16)12-7-10(5-6-11(12)9-15)8-14(17)18-4-2/h5-7H,3-4,8H2,1-2H3. The Morgan fingerprint density at radius 1 is 1.33 bits per heavy atom. The molecule has 0 fully saturated rings. The van der Waals surface area contributed by atoms with E-state index in [2.05, 4.69) is 0 Å². The Morgan fingerprint density at radius 2 is 2.06 bits per heavy atom. The SMILES string of the molecule is CCOC(=O)Cc1ccc(C#N)c(C(=O)CC)c1. The zero-order chi connectivity index (χ0) is 13.5. The average Bonchev–Trinajstić information content (AvgIpc) is 2.38. The van der Waals surface area contributed by atoms with Gasteiger partial charge in [0.2, 0.25) is 0 Å². The largest absolute Gasteiger partial charge is 0.466 e. The van der Waals surface area contributed by atoms with Crippen LogP contribution in [0.2, 0.25) is 0 Å². The number of rotatable bonds is 5. The second kappa shape index (κ2) is 6.55. The summed E-state index contributed by atoms with van der Waals surface area (Å²) in [6, 6.07) is 6.81. The number of ketones is 1. The molecule has 0 aliphatic heterocycles. The van der Waals surface area contributed by atoms with Gasteiger partial charge in [0.15, 0.2) is 5.78 Å². The number of esters is 1. The molecule has 4 heteroatoms. The predicted molar refractivity (Wildman–Crippen MR) is 66.1 cm³/mol. The van der Waals surface area contributed by atoms with Crippen molar-refractivity contribution >= 4 is 11.8 Å². The van der Waals surface area contributed by atoms with Crippen molar-refractivity contribution in [3.63, 3.8) is 0 Å². The Labute approximate surface area is 106 Å². The third-order valence-corrected chi connectivity index (χ3v) is 2.48. The van der Waals surface area contributed by atoms with Gasteiger partial charge in [-0.2, -0.15) is 5.26 Å². The lowest BCUT2D eigenvalue weighted by Crippen LogP contribution is -2.09. The molecule has 1 aromatic rings. The van der Waals surface area contributed by atoms with Crippen molar-refractivity contribution in [1.82, 2.24) is 0 Å². The molecule has 1 aromatic carbocycles. The van der Waals surface area contributed by atoms with Crippen molar-refractivity contribution in [2.75, 3.05) is 6.61 Å². The van der Waals surface area contributed by atoms with Gasteiger partial charge in [0.25, 0.3) is 0 Å². The Bertz CT molecular complexity index is 500. The van der Waals surface area contributed by atoms with Crippen LogP contribution in [0.5, 0.6) is 0 Å². The predicted octanol–water partition coefficient (Wildman–Crippen LogP) is 2.26. The first-order valence-electron chi connectivity index (χ1n) is 5.84. The lowest BCUT2D eigenvalue weighted by molar-refractivity contribution is -0.142. The molecule has 0 spiro atoms. The fourth-order valence-electron chi connectivity index (χ4n) is 1.60. The maximum Gasteiger partial charge on any atom is 0.310 e. The summed E-state index contributed by atoms with van der Waals surface area (Å²) in [6.45, 7) is 3.81. The molecule has 0 N–H and O–H groups in total. The highest BCUT2D eigenvalue weighted by atomic mass is 16.5. The lowest BCUT2D eigenvalue weighted by Gasteiger charge is -2.06. The highest BCUT2D eigenvalue weighted by Gasteiger charge is 2.12. The van der Waals surface area contributed by atoms with Gasteiger partial charge in [-0.05, 0) is 24.6 Å². The first-order valence-corrected chi connectivity index (χ1v) is 5.84. The van der Waals surface area contributed by atoms with E-state index in [0.717, 1.165) is 0 Å². The first-order chi connectivity index (χ1) is 8.62. The van der Waals surface area contributed by atoms with Gasteiger partial charge in [-0.25, -0.2) is 0 Å². The molecule has 0 aliphatic rings. The normalized spacial score (nSPS) is 9.61. The van der Waals surface area contributed by atoms with Crippen LogP contribution in [0, 0.1) is 11.3 Å². The van der Waals surface area contributed by atoms with Crippen LogP contribution >= 0.6 is 0 Å². The van der Waals surface area contributed by atoms with E-state index in [0.29, 0.717) is 29.7 Å². The molecule has 0 radical (unpaired) electrons.